The topological polar surface area (TPSA) is 67.8 Å². The second kappa shape index (κ2) is 5.55. The maximum Gasteiger partial charge on any atom is 0.173 e. The molecule has 0 unspecified atom stereocenters. The minimum absolute atomic E-state index is 0.0144. The Morgan fingerprint density at radius 3 is 2.67 bits per heavy atom. The van der Waals surface area contributed by atoms with Crippen LogP contribution in [0.1, 0.15) is 5.56 Å². The summed E-state index contributed by atoms with van der Waals surface area (Å²) in [5.41, 5.74) is 6.13. The summed E-state index contributed by atoms with van der Waals surface area (Å²) in [7, 11) is 0. The average molecular weight is 307 g/mol. The van der Waals surface area contributed by atoms with Gasteiger partial charge in [0.05, 0.1) is 5.56 Å². The SMILES string of the molecule is N/C(=N\O)c1ccccc1Oc1cccc(Br)c1. The first-order valence-electron chi connectivity index (χ1n) is 5.21. The molecule has 0 saturated heterocycles. The van der Waals surface area contributed by atoms with Gasteiger partial charge >= 0.3 is 0 Å². The van der Waals surface area contributed by atoms with Crippen molar-refractivity contribution >= 4 is 21.8 Å². The van der Waals surface area contributed by atoms with E-state index in [4.69, 9.17) is 15.7 Å². The molecule has 0 aliphatic rings. The van der Waals surface area contributed by atoms with Crippen molar-refractivity contribution in [2.75, 3.05) is 0 Å². The zero-order valence-corrected chi connectivity index (χ0v) is 11.0. The van der Waals surface area contributed by atoms with Gasteiger partial charge in [0, 0.05) is 4.47 Å². The van der Waals surface area contributed by atoms with Gasteiger partial charge in [-0.2, -0.15) is 0 Å². The van der Waals surface area contributed by atoms with Gasteiger partial charge in [-0.25, -0.2) is 0 Å². The minimum Gasteiger partial charge on any atom is -0.457 e. The number of benzene rings is 2. The molecule has 2 aromatic rings. The summed E-state index contributed by atoms with van der Waals surface area (Å²) in [6.07, 6.45) is 0. The number of hydrogen-bond acceptors (Lipinski definition) is 3. The molecule has 5 heteroatoms. The highest BCUT2D eigenvalue weighted by molar-refractivity contribution is 9.10. The summed E-state index contributed by atoms with van der Waals surface area (Å²) < 4.78 is 6.63. The van der Waals surface area contributed by atoms with Gasteiger partial charge in [0.25, 0.3) is 0 Å². The molecule has 0 amide bonds. The van der Waals surface area contributed by atoms with Crippen molar-refractivity contribution in [2.24, 2.45) is 10.9 Å². The summed E-state index contributed by atoms with van der Waals surface area (Å²) in [5, 5.41) is 11.7. The molecule has 0 atom stereocenters. The number of ether oxygens (including phenoxy) is 1. The summed E-state index contributed by atoms with van der Waals surface area (Å²) in [6, 6.07) is 14.5. The molecule has 2 rings (SSSR count). The molecule has 0 aromatic heterocycles. The van der Waals surface area contributed by atoms with Crippen LogP contribution in [0.15, 0.2) is 58.2 Å². The number of nitrogens with two attached hydrogens (primary N) is 1. The molecule has 0 aliphatic carbocycles. The smallest absolute Gasteiger partial charge is 0.173 e. The van der Waals surface area contributed by atoms with Gasteiger partial charge in [-0.05, 0) is 30.3 Å². The summed E-state index contributed by atoms with van der Waals surface area (Å²) in [6.45, 7) is 0. The molecule has 0 fully saturated rings. The number of oxime groups is 1. The van der Waals surface area contributed by atoms with E-state index in [0.29, 0.717) is 17.1 Å². The van der Waals surface area contributed by atoms with Crippen molar-refractivity contribution in [1.82, 2.24) is 0 Å². The van der Waals surface area contributed by atoms with Crippen LogP contribution in [0.3, 0.4) is 0 Å². The Balaban J connectivity index is 2.35. The van der Waals surface area contributed by atoms with Crippen molar-refractivity contribution in [3.63, 3.8) is 0 Å². The van der Waals surface area contributed by atoms with E-state index < -0.39 is 0 Å². The van der Waals surface area contributed by atoms with Crippen LogP contribution < -0.4 is 10.5 Å². The maximum absolute atomic E-state index is 8.72. The third-order valence-corrected chi connectivity index (χ3v) is 2.79. The first kappa shape index (κ1) is 12.4. The van der Waals surface area contributed by atoms with Gasteiger partial charge in [0.1, 0.15) is 11.5 Å². The highest BCUT2D eigenvalue weighted by atomic mass is 79.9. The summed E-state index contributed by atoms with van der Waals surface area (Å²) >= 11 is 3.37. The van der Waals surface area contributed by atoms with E-state index in [2.05, 4.69) is 21.1 Å². The summed E-state index contributed by atoms with van der Waals surface area (Å²) in [5.74, 6) is 1.22. The third kappa shape index (κ3) is 2.81. The molecule has 2 aromatic carbocycles. The zero-order valence-electron chi connectivity index (χ0n) is 9.38. The normalized spacial score (nSPS) is 11.3. The lowest BCUT2D eigenvalue weighted by molar-refractivity contribution is 0.318. The fourth-order valence-electron chi connectivity index (χ4n) is 1.48. The molecule has 0 saturated carbocycles. The van der Waals surface area contributed by atoms with Gasteiger partial charge in [0.15, 0.2) is 5.84 Å². The predicted octanol–water partition coefficient (Wildman–Crippen LogP) is 3.34. The average Bonchev–Trinajstić information content (AvgIpc) is 2.38. The van der Waals surface area contributed by atoms with E-state index in [1.54, 1.807) is 18.2 Å². The van der Waals surface area contributed by atoms with Crippen LogP contribution in [0.25, 0.3) is 0 Å². The minimum atomic E-state index is 0.0144. The van der Waals surface area contributed by atoms with Gasteiger partial charge in [-0.15, -0.1) is 0 Å². The molecular formula is C13H11BrN2O2. The molecule has 0 radical (unpaired) electrons. The zero-order chi connectivity index (χ0) is 13.0. The second-order valence-corrected chi connectivity index (χ2v) is 4.46. The molecule has 92 valence electrons. The van der Waals surface area contributed by atoms with Gasteiger partial charge in [-0.3, -0.25) is 0 Å². The monoisotopic (exact) mass is 306 g/mol. The molecule has 18 heavy (non-hydrogen) atoms. The largest absolute Gasteiger partial charge is 0.457 e. The fraction of sp³-hybridized carbons (Fsp3) is 0. The van der Waals surface area contributed by atoms with Crippen LogP contribution >= 0.6 is 15.9 Å². The van der Waals surface area contributed by atoms with E-state index in [0.717, 1.165) is 4.47 Å². The van der Waals surface area contributed by atoms with Crippen molar-refractivity contribution in [3.8, 4) is 11.5 Å². The molecule has 0 spiro atoms. The Hall–Kier alpha value is -2.01. The number of nitrogens with zero attached hydrogens (tertiary/aromatic N) is 1. The van der Waals surface area contributed by atoms with Crippen LogP contribution in [0.2, 0.25) is 0 Å². The number of rotatable bonds is 3. The fourth-order valence-corrected chi connectivity index (χ4v) is 1.86. The van der Waals surface area contributed by atoms with E-state index in [9.17, 15) is 0 Å². The van der Waals surface area contributed by atoms with E-state index in [1.807, 2.05) is 30.3 Å². The van der Waals surface area contributed by atoms with Crippen LogP contribution in [-0.2, 0) is 0 Å². The van der Waals surface area contributed by atoms with Crippen molar-refractivity contribution in [3.05, 3.63) is 58.6 Å². The number of amidine groups is 1. The highest BCUT2D eigenvalue weighted by Crippen LogP contribution is 2.27. The van der Waals surface area contributed by atoms with Crippen LogP contribution in [-0.4, -0.2) is 11.0 Å². The van der Waals surface area contributed by atoms with E-state index >= 15 is 0 Å². The molecule has 4 nitrogen and oxygen atoms in total. The molecule has 0 heterocycles. The number of hydrogen-bond donors (Lipinski definition) is 2. The first-order valence-corrected chi connectivity index (χ1v) is 6.00. The quantitative estimate of drug-likeness (QED) is 0.395. The highest BCUT2D eigenvalue weighted by Gasteiger charge is 2.08. The number of halogens is 1. The van der Waals surface area contributed by atoms with E-state index in [1.165, 1.54) is 0 Å². The van der Waals surface area contributed by atoms with Crippen molar-refractivity contribution in [2.45, 2.75) is 0 Å². The lowest BCUT2D eigenvalue weighted by atomic mass is 10.2. The van der Waals surface area contributed by atoms with Crippen molar-refractivity contribution in [1.29, 1.82) is 0 Å². The Kier molecular flexibility index (Phi) is 3.84. The Morgan fingerprint density at radius 2 is 1.94 bits per heavy atom. The standard InChI is InChI=1S/C13H11BrN2O2/c14-9-4-3-5-10(8-9)18-12-7-2-1-6-11(12)13(15)16-17/h1-8,17H,(H2,15,16). The predicted molar refractivity (Wildman–Crippen MR) is 73.2 cm³/mol. The lowest BCUT2D eigenvalue weighted by Crippen LogP contribution is -2.14. The van der Waals surface area contributed by atoms with E-state index in [-0.39, 0.29) is 5.84 Å². The van der Waals surface area contributed by atoms with Crippen LogP contribution in [0.4, 0.5) is 0 Å². The van der Waals surface area contributed by atoms with Gasteiger partial charge in [0.2, 0.25) is 0 Å². The van der Waals surface area contributed by atoms with Crippen LogP contribution in [0, 0.1) is 0 Å². The summed E-state index contributed by atoms with van der Waals surface area (Å²) in [4.78, 5) is 0. The Morgan fingerprint density at radius 1 is 1.17 bits per heavy atom. The van der Waals surface area contributed by atoms with Gasteiger partial charge in [-0.1, -0.05) is 39.3 Å². The van der Waals surface area contributed by atoms with Crippen LogP contribution in [0.5, 0.6) is 11.5 Å². The molecule has 3 N–H and O–H groups in total. The lowest BCUT2D eigenvalue weighted by Gasteiger charge is -2.10. The Bertz CT molecular complexity index is 585. The number of para-hydroxylation sites is 1. The molecule has 0 bridgehead atoms. The third-order valence-electron chi connectivity index (χ3n) is 2.29. The molecular weight excluding hydrogens is 296 g/mol. The molecule has 0 aliphatic heterocycles. The maximum atomic E-state index is 8.72. The van der Waals surface area contributed by atoms with Gasteiger partial charge < -0.3 is 15.7 Å². The first-order chi connectivity index (χ1) is 8.70. The second-order valence-electron chi connectivity index (χ2n) is 3.54. The van der Waals surface area contributed by atoms with Crippen molar-refractivity contribution < 1.29 is 9.94 Å². The Labute approximate surface area is 113 Å².